The van der Waals surface area contributed by atoms with Crippen LogP contribution in [0.4, 0.5) is 0 Å². The van der Waals surface area contributed by atoms with Crippen molar-refractivity contribution in [3.63, 3.8) is 0 Å². The van der Waals surface area contributed by atoms with Gasteiger partial charge in [-0.2, -0.15) is 0 Å². The summed E-state index contributed by atoms with van der Waals surface area (Å²) in [4.78, 5) is 13.9. The van der Waals surface area contributed by atoms with Gasteiger partial charge < -0.3 is 4.98 Å². The molecule has 88 valence electrons. The molecule has 1 N–H and O–H groups in total. The second-order valence-electron chi connectivity index (χ2n) is 3.62. The Labute approximate surface area is 113 Å². The van der Waals surface area contributed by atoms with Gasteiger partial charge in [-0.1, -0.05) is 34.8 Å². The minimum Gasteiger partial charge on any atom is -0.328 e. The average molecular weight is 289 g/mol. The molecule has 2 aromatic rings. The van der Waals surface area contributed by atoms with Crippen LogP contribution in [0, 0.1) is 6.92 Å². The lowest BCUT2D eigenvalue weighted by molar-refractivity contribution is 1.18. The number of halogens is 3. The maximum Gasteiger partial charge on any atom is 0.250 e. The Morgan fingerprint density at radius 3 is 2.41 bits per heavy atom. The maximum atomic E-state index is 11.3. The molecule has 0 saturated heterocycles. The Bertz CT molecular complexity index is 634. The summed E-state index contributed by atoms with van der Waals surface area (Å²) in [6.07, 6.45) is 1.57. The number of aromatic amines is 1. The first kappa shape index (κ1) is 12.5. The molecular formula is C12H8Cl3NO. The number of pyridine rings is 1. The van der Waals surface area contributed by atoms with Crippen molar-refractivity contribution >= 4 is 34.8 Å². The third kappa shape index (κ3) is 2.34. The number of hydrogen-bond donors (Lipinski definition) is 1. The predicted octanol–water partition coefficient (Wildman–Crippen LogP) is 4.31. The topological polar surface area (TPSA) is 32.9 Å². The van der Waals surface area contributed by atoms with Gasteiger partial charge in [0.2, 0.25) is 0 Å². The molecule has 1 heterocycles. The van der Waals surface area contributed by atoms with Gasteiger partial charge in [0, 0.05) is 22.9 Å². The Kier molecular flexibility index (Phi) is 3.48. The van der Waals surface area contributed by atoms with Crippen LogP contribution in [0.15, 0.2) is 29.2 Å². The van der Waals surface area contributed by atoms with Crippen LogP contribution in [0.25, 0.3) is 11.1 Å². The normalized spacial score (nSPS) is 10.6. The van der Waals surface area contributed by atoms with Crippen LogP contribution in [0.3, 0.4) is 0 Å². The van der Waals surface area contributed by atoms with E-state index in [9.17, 15) is 4.79 Å². The molecule has 0 aliphatic rings. The fraction of sp³-hybridized carbons (Fsp3) is 0.0833. The van der Waals surface area contributed by atoms with Crippen LogP contribution in [0.2, 0.25) is 15.1 Å². The molecular weight excluding hydrogens is 280 g/mol. The van der Waals surface area contributed by atoms with Crippen molar-refractivity contribution in [3.05, 3.63) is 55.4 Å². The summed E-state index contributed by atoms with van der Waals surface area (Å²) >= 11 is 18.2. The highest BCUT2D eigenvalue weighted by molar-refractivity contribution is 6.46. The summed E-state index contributed by atoms with van der Waals surface area (Å²) in [5.41, 5.74) is 1.82. The zero-order chi connectivity index (χ0) is 12.6. The second-order valence-corrected chi connectivity index (χ2v) is 4.81. The van der Waals surface area contributed by atoms with Crippen molar-refractivity contribution < 1.29 is 0 Å². The van der Waals surface area contributed by atoms with E-state index < -0.39 is 0 Å². The van der Waals surface area contributed by atoms with Gasteiger partial charge in [0.15, 0.2) is 0 Å². The van der Waals surface area contributed by atoms with E-state index in [1.54, 1.807) is 31.3 Å². The van der Waals surface area contributed by atoms with E-state index in [4.69, 9.17) is 34.8 Å². The first-order valence-corrected chi connectivity index (χ1v) is 5.97. The van der Waals surface area contributed by atoms with E-state index in [0.29, 0.717) is 26.2 Å². The summed E-state index contributed by atoms with van der Waals surface area (Å²) in [6, 6.07) is 5.03. The molecule has 0 radical (unpaired) electrons. The van der Waals surface area contributed by atoms with Crippen molar-refractivity contribution in [2.45, 2.75) is 6.92 Å². The first-order chi connectivity index (χ1) is 8.00. The van der Waals surface area contributed by atoms with Crippen LogP contribution in [-0.2, 0) is 0 Å². The lowest BCUT2D eigenvalue weighted by atomic mass is 10.1. The number of benzene rings is 1. The largest absolute Gasteiger partial charge is 0.328 e. The number of rotatable bonds is 1. The molecule has 2 nitrogen and oxygen atoms in total. The molecule has 0 bridgehead atoms. The molecule has 0 unspecified atom stereocenters. The Morgan fingerprint density at radius 2 is 1.76 bits per heavy atom. The standard InChI is InChI=1S/C12H8Cl3NO/c1-6-4-7(5-16-12(6)17)10-8(13)2-3-9(14)11(10)15/h2-5H,1H3,(H,16,17). The van der Waals surface area contributed by atoms with Crippen LogP contribution >= 0.6 is 34.8 Å². The number of nitrogens with one attached hydrogen (secondary N) is 1. The minimum atomic E-state index is -0.136. The molecule has 0 atom stereocenters. The number of H-pyrrole nitrogens is 1. The summed E-state index contributed by atoms with van der Waals surface area (Å²) in [6.45, 7) is 1.72. The molecule has 2 rings (SSSR count). The van der Waals surface area contributed by atoms with Gasteiger partial charge in [0.1, 0.15) is 0 Å². The van der Waals surface area contributed by atoms with E-state index in [0.717, 1.165) is 5.56 Å². The van der Waals surface area contributed by atoms with Gasteiger partial charge >= 0.3 is 0 Å². The molecule has 0 aliphatic carbocycles. The van der Waals surface area contributed by atoms with Gasteiger partial charge in [-0.25, -0.2) is 0 Å². The van der Waals surface area contributed by atoms with Crippen molar-refractivity contribution in [1.82, 2.24) is 4.98 Å². The highest BCUT2D eigenvalue weighted by Crippen LogP contribution is 2.38. The molecule has 0 spiro atoms. The van der Waals surface area contributed by atoms with Crippen molar-refractivity contribution in [3.8, 4) is 11.1 Å². The lowest BCUT2D eigenvalue weighted by Crippen LogP contribution is -2.08. The van der Waals surface area contributed by atoms with Crippen LogP contribution in [0.1, 0.15) is 5.56 Å². The van der Waals surface area contributed by atoms with E-state index in [2.05, 4.69) is 4.98 Å². The van der Waals surface area contributed by atoms with Crippen LogP contribution in [0.5, 0.6) is 0 Å². The van der Waals surface area contributed by atoms with E-state index >= 15 is 0 Å². The molecule has 0 amide bonds. The SMILES string of the molecule is Cc1cc(-c2c(Cl)ccc(Cl)c2Cl)c[nH]c1=O. The monoisotopic (exact) mass is 287 g/mol. The van der Waals surface area contributed by atoms with Gasteiger partial charge in [0.05, 0.1) is 15.1 Å². The zero-order valence-corrected chi connectivity index (χ0v) is 11.1. The van der Waals surface area contributed by atoms with Gasteiger partial charge in [-0.15, -0.1) is 0 Å². The second kappa shape index (κ2) is 4.73. The van der Waals surface area contributed by atoms with E-state index in [1.165, 1.54) is 0 Å². The number of hydrogen-bond acceptors (Lipinski definition) is 1. The third-order valence-corrected chi connectivity index (χ3v) is 3.54. The summed E-state index contributed by atoms with van der Waals surface area (Å²) in [5, 5.41) is 1.30. The highest BCUT2D eigenvalue weighted by Gasteiger charge is 2.12. The lowest BCUT2D eigenvalue weighted by Gasteiger charge is -2.08. The molecule has 5 heteroatoms. The number of aryl methyl sites for hydroxylation is 1. The van der Waals surface area contributed by atoms with Crippen LogP contribution < -0.4 is 5.56 Å². The quantitative estimate of drug-likeness (QED) is 0.779. The maximum absolute atomic E-state index is 11.3. The van der Waals surface area contributed by atoms with E-state index in [-0.39, 0.29) is 5.56 Å². The Hall–Kier alpha value is -0.960. The first-order valence-electron chi connectivity index (χ1n) is 4.84. The average Bonchev–Trinajstić information content (AvgIpc) is 2.29. The molecule has 1 aromatic heterocycles. The molecule has 0 aliphatic heterocycles. The smallest absolute Gasteiger partial charge is 0.250 e. The fourth-order valence-electron chi connectivity index (χ4n) is 1.53. The predicted molar refractivity (Wildman–Crippen MR) is 72.3 cm³/mol. The van der Waals surface area contributed by atoms with Crippen molar-refractivity contribution in [2.75, 3.05) is 0 Å². The highest BCUT2D eigenvalue weighted by atomic mass is 35.5. The van der Waals surface area contributed by atoms with Gasteiger partial charge in [-0.3, -0.25) is 4.79 Å². The van der Waals surface area contributed by atoms with Gasteiger partial charge in [0.25, 0.3) is 5.56 Å². The fourth-order valence-corrected chi connectivity index (χ4v) is 2.28. The van der Waals surface area contributed by atoms with Crippen LogP contribution in [-0.4, -0.2) is 4.98 Å². The Balaban J connectivity index is 2.72. The Morgan fingerprint density at radius 1 is 1.12 bits per heavy atom. The molecule has 17 heavy (non-hydrogen) atoms. The number of aromatic nitrogens is 1. The van der Waals surface area contributed by atoms with Crippen molar-refractivity contribution in [1.29, 1.82) is 0 Å². The molecule has 0 fully saturated rings. The summed E-state index contributed by atoms with van der Waals surface area (Å²) in [7, 11) is 0. The van der Waals surface area contributed by atoms with E-state index in [1.807, 2.05) is 0 Å². The zero-order valence-electron chi connectivity index (χ0n) is 8.85. The minimum absolute atomic E-state index is 0.136. The van der Waals surface area contributed by atoms with Gasteiger partial charge in [-0.05, 0) is 25.1 Å². The third-order valence-electron chi connectivity index (χ3n) is 2.42. The summed E-state index contributed by atoms with van der Waals surface area (Å²) in [5.74, 6) is 0. The molecule has 1 aromatic carbocycles. The molecule has 0 saturated carbocycles. The summed E-state index contributed by atoms with van der Waals surface area (Å²) < 4.78 is 0. The van der Waals surface area contributed by atoms with Crippen molar-refractivity contribution in [2.24, 2.45) is 0 Å².